The summed E-state index contributed by atoms with van der Waals surface area (Å²) in [5.41, 5.74) is 0.885. The van der Waals surface area contributed by atoms with Crippen LogP contribution in [0, 0.1) is 11.7 Å². The number of rotatable bonds is 8. The van der Waals surface area contributed by atoms with Gasteiger partial charge >= 0.3 is 0 Å². The van der Waals surface area contributed by atoms with Crippen LogP contribution >= 0.6 is 0 Å². The average molecular weight is 419 g/mol. The summed E-state index contributed by atoms with van der Waals surface area (Å²) in [5.74, 6) is -0.117. The average Bonchev–Trinajstić information content (AvgIpc) is 3.53. The molecule has 2 aromatic rings. The molecule has 1 amide bonds. The van der Waals surface area contributed by atoms with Gasteiger partial charge in [-0.05, 0) is 74.2 Å². The lowest BCUT2D eigenvalue weighted by atomic mass is 9.98. The summed E-state index contributed by atoms with van der Waals surface area (Å²) in [7, 11) is -3.82. The summed E-state index contributed by atoms with van der Waals surface area (Å²) >= 11 is 0. The van der Waals surface area contributed by atoms with Crippen molar-refractivity contribution in [3.63, 3.8) is 0 Å². The Morgan fingerprint density at radius 2 is 1.69 bits per heavy atom. The minimum atomic E-state index is -3.82. The first-order valence-corrected chi connectivity index (χ1v) is 11.4. The van der Waals surface area contributed by atoms with Gasteiger partial charge in [0.2, 0.25) is 0 Å². The van der Waals surface area contributed by atoms with E-state index in [2.05, 4.69) is 25.5 Å². The van der Waals surface area contributed by atoms with E-state index in [-0.39, 0.29) is 16.8 Å². The summed E-state index contributed by atoms with van der Waals surface area (Å²) in [6.45, 7) is 6.37. The highest BCUT2D eigenvalue weighted by molar-refractivity contribution is 7.92. The summed E-state index contributed by atoms with van der Waals surface area (Å²) in [4.78, 5) is 15.0. The van der Waals surface area contributed by atoms with Gasteiger partial charge in [0.05, 0.1) is 4.90 Å². The third-order valence-electron chi connectivity index (χ3n) is 5.59. The van der Waals surface area contributed by atoms with Crippen molar-refractivity contribution in [3.8, 4) is 0 Å². The van der Waals surface area contributed by atoms with E-state index < -0.39 is 15.8 Å². The van der Waals surface area contributed by atoms with E-state index >= 15 is 0 Å². The molecular weight excluding hydrogens is 391 g/mol. The summed E-state index contributed by atoms with van der Waals surface area (Å²) in [6, 6.07) is 11.5. The molecule has 2 atom stereocenters. The molecule has 156 valence electrons. The van der Waals surface area contributed by atoms with E-state index in [1.54, 1.807) is 24.3 Å². The third-order valence-corrected chi connectivity index (χ3v) is 6.99. The predicted molar refractivity (Wildman–Crippen MR) is 112 cm³/mol. The number of hydrogen-bond donors (Lipinski definition) is 1. The minimum absolute atomic E-state index is 0.0201. The van der Waals surface area contributed by atoms with Crippen molar-refractivity contribution >= 4 is 21.6 Å². The second kappa shape index (κ2) is 8.53. The zero-order valence-electron chi connectivity index (χ0n) is 16.9. The molecule has 0 spiro atoms. The molecule has 2 unspecified atom stereocenters. The van der Waals surface area contributed by atoms with Crippen molar-refractivity contribution in [2.24, 2.45) is 5.92 Å². The van der Waals surface area contributed by atoms with E-state index in [4.69, 9.17) is 0 Å². The lowest BCUT2D eigenvalue weighted by molar-refractivity contribution is 0.0616. The molecule has 1 aliphatic rings. The highest BCUT2D eigenvalue weighted by Gasteiger charge is 2.37. The van der Waals surface area contributed by atoms with Crippen LogP contribution in [0.1, 0.15) is 50.4 Å². The SMILES string of the molecule is CCC(C)C(C)N(C(=O)c1ccc(NS(=O)(=O)c2ccc(F)cc2)cc1)C1CC1. The maximum absolute atomic E-state index is 13.1. The molecule has 0 bridgehead atoms. The number of carbonyl (C=O) groups is 1. The van der Waals surface area contributed by atoms with E-state index in [1.807, 2.05) is 4.90 Å². The van der Waals surface area contributed by atoms with Crippen LogP contribution < -0.4 is 4.72 Å². The Hall–Kier alpha value is -2.41. The molecule has 2 aromatic carbocycles. The first-order chi connectivity index (χ1) is 13.7. The summed E-state index contributed by atoms with van der Waals surface area (Å²) < 4.78 is 40.3. The van der Waals surface area contributed by atoms with Gasteiger partial charge in [0.1, 0.15) is 5.82 Å². The normalized spacial score (nSPS) is 16.1. The molecule has 0 saturated heterocycles. The topological polar surface area (TPSA) is 66.5 Å². The standard InChI is InChI=1S/C22H27FN2O3S/c1-4-15(2)16(3)25(20-11-12-20)22(26)17-5-9-19(10-6-17)24-29(27,28)21-13-7-18(23)8-14-21/h5-10,13-16,20,24H,4,11-12H2,1-3H3. The van der Waals surface area contributed by atoms with Crippen LogP contribution in [0.4, 0.5) is 10.1 Å². The molecule has 1 N–H and O–H groups in total. The van der Waals surface area contributed by atoms with Crippen LogP contribution in [0.5, 0.6) is 0 Å². The minimum Gasteiger partial charge on any atom is -0.333 e. The highest BCUT2D eigenvalue weighted by Crippen LogP contribution is 2.33. The van der Waals surface area contributed by atoms with Crippen LogP contribution in [0.15, 0.2) is 53.4 Å². The van der Waals surface area contributed by atoms with Gasteiger partial charge in [0.25, 0.3) is 15.9 Å². The number of amides is 1. The smallest absolute Gasteiger partial charge is 0.261 e. The fourth-order valence-electron chi connectivity index (χ4n) is 3.31. The van der Waals surface area contributed by atoms with Crippen molar-refractivity contribution in [1.29, 1.82) is 0 Å². The molecular formula is C22H27FN2O3S. The van der Waals surface area contributed by atoms with Gasteiger partial charge in [-0.25, -0.2) is 12.8 Å². The van der Waals surface area contributed by atoms with Crippen molar-refractivity contribution in [2.45, 2.75) is 57.0 Å². The zero-order chi connectivity index (χ0) is 21.2. The Bertz CT molecular complexity index is 955. The number of halogens is 1. The molecule has 7 heteroatoms. The predicted octanol–water partition coefficient (Wildman–Crippen LogP) is 4.67. The Kier molecular flexibility index (Phi) is 6.27. The fraction of sp³-hybridized carbons (Fsp3) is 0.409. The largest absolute Gasteiger partial charge is 0.333 e. The monoisotopic (exact) mass is 418 g/mol. The molecule has 1 aliphatic carbocycles. The maximum atomic E-state index is 13.1. The van der Waals surface area contributed by atoms with Crippen LogP contribution in [-0.4, -0.2) is 31.3 Å². The lowest BCUT2D eigenvalue weighted by Crippen LogP contribution is -2.43. The second-order valence-electron chi connectivity index (χ2n) is 7.71. The number of nitrogens with zero attached hydrogens (tertiary/aromatic N) is 1. The van der Waals surface area contributed by atoms with Crippen molar-refractivity contribution in [3.05, 3.63) is 59.9 Å². The maximum Gasteiger partial charge on any atom is 0.261 e. The van der Waals surface area contributed by atoms with Gasteiger partial charge in [-0.3, -0.25) is 9.52 Å². The third kappa shape index (κ3) is 4.96. The van der Waals surface area contributed by atoms with Gasteiger partial charge in [-0.2, -0.15) is 0 Å². The number of carbonyl (C=O) groups excluding carboxylic acids is 1. The van der Waals surface area contributed by atoms with Gasteiger partial charge in [-0.1, -0.05) is 20.3 Å². The Morgan fingerprint density at radius 1 is 1.10 bits per heavy atom. The number of sulfonamides is 1. The lowest BCUT2D eigenvalue weighted by Gasteiger charge is -2.33. The molecule has 0 heterocycles. The van der Waals surface area contributed by atoms with Gasteiger partial charge < -0.3 is 4.90 Å². The number of nitrogens with one attached hydrogen (secondary N) is 1. The molecule has 3 rings (SSSR count). The van der Waals surface area contributed by atoms with Crippen LogP contribution in [-0.2, 0) is 10.0 Å². The zero-order valence-corrected chi connectivity index (χ0v) is 17.7. The Morgan fingerprint density at radius 3 is 2.21 bits per heavy atom. The van der Waals surface area contributed by atoms with Gasteiger partial charge in [0, 0.05) is 23.3 Å². The molecule has 1 saturated carbocycles. The van der Waals surface area contributed by atoms with Crippen molar-refractivity contribution in [2.75, 3.05) is 4.72 Å². The Labute approximate surface area is 172 Å². The molecule has 1 fully saturated rings. The summed E-state index contributed by atoms with van der Waals surface area (Å²) in [5, 5.41) is 0. The molecule has 0 radical (unpaired) electrons. The summed E-state index contributed by atoms with van der Waals surface area (Å²) in [6.07, 6.45) is 3.06. The molecule has 29 heavy (non-hydrogen) atoms. The van der Waals surface area contributed by atoms with Crippen LogP contribution in [0.3, 0.4) is 0 Å². The Balaban J connectivity index is 1.75. The van der Waals surface area contributed by atoms with E-state index in [9.17, 15) is 17.6 Å². The number of benzene rings is 2. The molecule has 0 aliphatic heterocycles. The van der Waals surface area contributed by atoms with Gasteiger partial charge in [0.15, 0.2) is 0 Å². The van der Waals surface area contributed by atoms with E-state index in [1.165, 1.54) is 12.1 Å². The molecule has 0 aromatic heterocycles. The number of hydrogen-bond acceptors (Lipinski definition) is 3. The molecule has 5 nitrogen and oxygen atoms in total. The van der Waals surface area contributed by atoms with Crippen molar-refractivity contribution < 1.29 is 17.6 Å². The first kappa shape index (κ1) is 21.3. The number of anilines is 1. The van der Waals surface area contributed by atoms with Crippen LogP contribution in [0.2, 0.25) is 0 Å². The van der Waals surface area contributed by atoms with E-state index in [0.29, 0.717) is 23.2 Å². The van der Waals surface area contributed by atoms with Crippen LogP contribution in [0.25, 0.3) is 0 Å². The fourth-order valence-corrected chi connectivity index (χ4v) is 4.37. The quantitative estimate of drug-likeness (QED) is 0.678. The van der Waals surface area contributed by atoms with E-state index in [0.717, 1.165) is 31.4 Å². The van der Waals surface area contributed by atoms with Gasteiger partial charge in [-0.15, -0.1) is 0 Å². The highest BCUT2D eigenvalue weighted by atomic mass is 32.2. The first-order valence-electron chi connectivity index (χ1n) is 9.94. The van der Waals surface area contributed by atoms with Crippen molar-refractivity contribution in [1.82, 2.24) is 4.90 Å². The second-order valence-corrected chi connectivity index (χ2v) is 9.39.